The van der Waals surface area contributed by atoms with Crippen molar-refractivity contribution in [2.24, 2.45) is 17.8 Å². The normalized spacial score (nSPS) is 21.3. The number of carbonyl (C=O) groups excluding carboxylic acids is 1. The standard InChI is InChI=1S/C31H34N4O3/c1-18-13-20(3)28(21(4)14-18)38-31(36)27-25(32-5)17-35-30(27)33-29(34-35)24-16-22(11-12-26(24)37-6)15-23-10-8-7-9-19(23)2/h7-12,16-18,20-21,28H,13-15H2,1-4,6H3,(H,33,34). The van der Waals surface area contributed by atoms with Crippen LogP contribution in [0, 0.1) is 31.2 Å². The molecular weight excluding hydrogens is 476 g/mol. The molecule has 1 saturated carbocycles. The maximum Gasteiger partial charge on any atom is 0.331 e. The van der Waals surface area contributed by atoms with Crippen molar-refractivity contribution in [3.05, 3.63) is 82.3 Å². The molecule has 0 aliphatic heterocycles. The predicted octanol–water partition coefficient (Wildman–Crippen LogP) is 7.02. The number of esters is 1. The molecule has 2 aromatic carbocycles. The SMILES string of the molecule is [C-]#[N+]c1cn2[nH]c(-c3cc(Cc4ccccc4C)ccc3OC)nc2c1C(=O)OC1C(C)CC(C)CC1C. The fourth-order valence-corrected chi connectivity index (χ4v) is 6.01. The van der Waals surface area contributed by atoms with Gasteiger partial charge in [-0.2, -0.15) is 0 Å². The fraction of sp³-hybridized carbons (Fsp3) is 0.387. The Balaban J connectivity index is 1.50. The summed E-state index contributed by atoms with van der Waals surface area (Å²) in [5.41, 5.74) is 5.21. The molecule has 2 atom stereocenters. The van der Waals surface area contributed by atoms with E-state index >= 15 is 0 Å². The Morgan fingerprint density at radius 3 is 2.58 bits per heavy atom. The Morgan fingerprint density at radius 2 is 1.89 bits per heavy atom. The van der Waals surface area contributed by atoms with Gasteiger partial charge in [0, 0.05) is 6.20 Å². The number of carbonyl (C=O) groups is 1. The van der Waals surface area contributed by atoms with Gasteiger partial charge in [0.25, 0.3) is 0 Å². The van der Waals surface area contributed by atoms with E-state index in [2.05, 4.69) is 61.9 Å². The zero-order chi connectivity index (χ0) is 27.0. The molecule has 7 heteroatoms. The van der Waals surface area contributed by atoms with Gasteiger partial charge in [0.2, 0.25) is 5.69 Å². The number of ether oxygens (including phenoxy) is 2. The summed E-state index contributed by atoms with van der Waals surface area (Å²) in [6.07, 6.45) is 4.25. The van der Waals surface area contributed by atoms with E-state index in [4.69, 9.17) is 21.0 Å². The van der Waals surface area contributed by atoms with E-state index < -0.39 is 5.97 Å². The van der Waals surface area contributed by atoms with Crippen molar-refractivity contribution in [2.45, 2.75) is 53.1 Å². The Kier molecular flexibility index (Phi) is 6.98. The Hall–Kier alpha value is -4.05. The number of nitrogens with zero attached hydrogens (tertiary/aromatic N) is 3. The monoisotopic (exact) mass is 510 g/mol. The Bertz CT molecular complexity index is 1510. The molecule has 1 aliphatic rings. The highest BCUT2D eigenvalue weighted by Crippen LogP contribution is 2.37. The van der Waals surface area contributed by atoms with Crippen molar-refractivity contribution < 1.29 is 14.3 Å². The summed E-state index contributed by atoms with van der Waals surface area (Å²) in [5, 5.41) is 3.24. The van der Waals surface area contributed by atoms with Gasteiger partial charge in [-0.1, -0.05) is 51.1 Å². The lowest BCUT2D eigenvalue weighted by Crippen LogP contribution is -2.37. The van der Waals surface area contributed by atoms with Crippen molar-refractivity contribution >= 4 is 17.3 Å². The zero-order valence-corrected chi connectivity index (χ0v) is 22.6. The molecule has 1 aliphatic carbocycles. The van der Waals surface area contributed by atoms with Crippen LogP contribution < -0.4 is 4.74 Å². The van der Waals surface area contributed by atoms with Gasteiger partial charge in [0.15, 0.2) is 11.5 Å². The van der Waals surface area contributed by atoms with E-state index in [0.29, 0.717) is 23.1 Å². The van der Waals surface area contributed by atoms with Crippen LogP contribution in [0.4, 0.5) is 5.69 Å². The Morgan fingerprint density at radius 1 is 1.16 bits per heavy atom. The minimum absolute atomic E-state index is 0.177. The number of H-pyrrole nitrogens is 1. The second kappa shape index (κ2) is 10.4. The number of benzene rings is 2. The van der Waals surface area contributed by atoms with E-state index in [0.717, 1.165) is 30.4 Å². The second-order valence-corrected chi connectivity index (χ2v) is 10.8. The van der Waals surface area contributed by atoms with Crippen LogP contribution in [-0.4, -0.2) is 33.8 Å². The summed E-state index contributed by atoms with van der Waals surface area (Å²) in [6, 6.07) is 14.4. The first-order valence-electron chi connectivity index (χ1n) is 13.2. The average molecular weight is 511 g/mol. The van der Waals surface area contributed by atoms with Crippen LogP contribution in [0.25, 0.3) is 21.9 Å². The van der Waals surface area contributed by atoms with Crippen molar-refractivity contribution in [3.63, 3.8) is 0 Å². The van der Waals surface area contributed by atoms with Crippen molar-refractivity contribution in [3.8, 4) is 17.1 Å². The van der Waals surface area contributed by atoms with Crippen LogP contribution in [0.5, 0.6) is 5.75 Å². The minimum Gasteiger partial charge on any atom is -0.496 e. The molecule has 0 saturated heterocycles. The van der Waals surface area contributed by atoms with Crippen LogP contribution in [0.3, 0.4) is 0 Å². The maximum absolute atomic E-state index is 13.4. The first kappa shape index (κ1) is 25.6. The second-order valence-electron chi connectivity index (χ2n) is 10.8. The molecule has 1 fully saturated rings. The zero-order valence-electron chi connectivity index (χ0n) is 22.6. The average Bonchev–Trinajstić information content (AvgIpc) is 3.45. The molecule has 1 N–H and O–H groups in total. The molecule has 7 nitrogen and oxygen atoms in total. The van der Waals surface area contributed by atoms with Gasteiger partial charge in [0.05, 0.1) is 19.2 Å². The largest absolute Gasteiger partial charge is 0.496 e. The molecule has 0 bridgehead atoms. The molecule has 2 heterocycles. The van der Waals surface area contributed by atoms with Crippen LogP contribution in [0.15, 0.2) is 48.7 Å². The number of nitrogens with one attached hydrogen (secondary N) is 1. The first-order chi connectivity index (χ1) is 18.3. The lowest BCUT2D eigenvalue weighted by atomic mass is 9.75. The quantitative estimate of drug-likeness (QED) is 0.224. The smallest absolute Gasteiger partial charge is 0.331 e. The summed E-state index contributed by atoms with van der Waals surface area (Å²) in [6.45, 7) is 16.3. The van der Waals surface area contributed by atoms with Crippen molar-refractivity contribution in [1.82, 2.24) is 14.6 Å². The van der Waals surface area contributed by atoms with Gasteiger partial charge < -0.3 is 9.47 Å². The van der Waals surface area contributed by atoms with Gasteiger partial charge >= 0.3 is 5.97 Å². The van der Waals surface area contributed by atoms with Gasteiger partial charge in [0.1, 0.15) is 17.4 Å². The van der Waals surface area contributed by atoms with Crippen molar-refractivity contribution in [2.75, 3.05) is 7.11 Å². The number of hydrogen-bond donors (Lipinski definition) is 1. The summed E-state index contributed by atoms with van der Waals surface area (Å²) in [4.78, 5) is 21.8. The number of aromatic amines is 1. The topological polar surface area (TPSA) is 73.0 Å². The van der Waals surface area contributed by atoms with Crippen molar-refractivity contribution in [1.29, 1.82) is 0 Å². The third-order valence-electron chi connectivity index (χ3n) is 7.82. The van der Waals surface area contributed by atoms with E-state index in [1.807, 2.05) is 18.2 Å². The molecule has 2 unspecified atom stereocenters. The first-order valence-corrected chi connectivity index (χ1v) is 13.2. The highest BCUT2D eigenvalue weighted by molar-refractivity contribution is 6.03. The number of rotatable bonds is 6. The summed E-state index contributed by atoms with van der Waals surface area (Å²) in [5.74, 6) is 1.88. The predicted molar refractivity (Wildman–Crippen MR) is 148 cm³/mol. The van der Waals surface area contributed by atoms with Gasteiger partial charge in [-0.25, -0.2) is 14.6 Å². The highest BCUT2D eigenvalue weighted by Gasteiger charge is 2.35. The summed E-state index contributed by atoms with van der Waals surface area (Å²) >= 11 is 0. The minimum atomic E-state index is -0.491. The lowest BCUT2D eigenvalue weighted by Gasteiger charge is -2.37. The highest BCUT2D eigenvalue weighted by atomic mass is 16.5. The van der Waals surface area contributed by atoms with E-state index in [9.17, 15) is 4.79 Å². The van der Waals surface area contributed by atoms with Crippen LogP contribution >= 0.6 is 0 Å². The molecule has 0 spiro atoms. The summed E-state index contributed by atoms with van der Waals surface area (Å²) < 4.78 is 13.3. The molecular formula is C31H34N4O3. The lowest BCUT2D eigenvalue weighted by molar-refractivity contribution is -0.0249. The number of fused-ring (bicyclic) bond motifs is 1. The molecule has 4 aromatic rings. The van der Waals surface area contributed by atoms with Crippen LogP contribution in [0.2, 0.25) is 0 Å². The molecule has 2 aromatic heterocycles. The van der Waals surface area contributed by atoms with Crippen LogP contribution in [-0.2, 0) is 11.2 Å². The maximum atomic E-state index is 13.4. The molecule has 0 radical (unpaired) electrons. The number of hydrogen-bond acceptors (Lipinski definition) is 4. The van der Waals surface area contributed by atoms with E-state index in [1.165, 1.54) is 11.1 Å². The van der Waals surface area contributed by atoms with Crippen LogP contribution in [0.1, 0.15) is 60.7 Å². The molecule has 0 amide bonds. The number of methoxy groups -OCH3 is 1. The third-order valence-corrected chi connectivity index (χ3v) is 7.82. The number of aryl methyl sites for hydroxylation is 1. The van der Waals surface area contributed by atoms with Gasteiger partial charge in [-0.05, 0) is 72.8 Å². The Labute approximate surface area is 223 Å². The molecule has 38 heavy (non-hydrogen) atoms. The fourth-order valence-electron chi connectivity index (χ4n) is 6.01. The number of aromatic nitrogens is 3. The van der Waals surface area contributed by atoms with E-state index in [-0.39, 0.29) is 29.2 Å². The van der Waals surface area contributed by atoms with Gasteiger partial charge in [-0.3, -0.25) is 9.61 Å². The summed E-state index contributed by atoms with van der Waals surface area (Å²) in [7, 11) is 1.63. The molecule has 196 valence electrons. The third kappa shape index (κ3) is 4.79. The van der Waals surface area contributed by atoms with Gasteiger partial charge in [-0.15, -0.1) is 0 Å². The molecule has 5 rings (SSSR count). The van der Waals surface area contributed by atoms with E-state index in [1.54, 1.807) is 17.8 Å².